The van der Waals surface area contributed by atoms with E-state index in [4.69, 9.17) is 0 Å². The van der Waals surface area contributed by atoms with E-state index in [1.807, 2.05) is 40.1 Å². The molecule has 2 fully saturated rings. The van der Waals surface area contributed by atoms with Crippen LogP contribution < -0.4 is 5.32 Å². The van der Waals surface area contributed by atoms with Crippen LogP contribution in [0.15, 0.2) is 30.3 Å². The van der Waals surface area contributed by atoms with E-state index in [0.717, 1.165) is 31.2 Å². The molecule has 6 heteroatoms. The maximum atomic E-state index is 12.8. The molecule has 140 valence electrons. The van der Waals surface area contributed by atoms with Crippen molar-refractivity contribution >= 4 is 17.7 Å². The van der Waals surface area contributed by atoms with Gasteiger partial charge in [0.15, 0.2) is 0 Å². The first-order chi connectivity index (χ1) is 12.6. The smallest absolute Gasteiger partial charge is 0.242 e. The van der Waals surface area contributed by atoms with Crippen molar-refractivity contribution in [3.8, 4) is 0 Å². The third-order valence-corrected chi connectivity index (χ3v) is 5.38. The van der Waals surface area contributed by atoms with Gasteiger partial charge in [-0.3, -0.25) is 14.4 Å². The van der Waals surface area contributed by atoms with Crippen molar-refractivity contribution in [2.24, 2.45) is 0 Å². The zero-order valence-corrected chi connectivity index (χ0v) is 15.3. The molecule has 1 aromatic rings. The number of nitrogens with zero attached hydrogens (tertiary/aromatic N) is 2. The van der Waals surface area contributed by atoms with Crippen molar-refractivity contribution in [1.82, 2.24) is 15.1 Å². The molecular formula is C20H27N3O3. The van der Waals surface area contributed by atoms with Gasteiger partial charge in [0.05, 0.1) is 18.6 Å². The Bertz CT molecular complexity index is 662. The van der Waals surface area contributed by atoms with Gasteiger partial charge >= 0.3 is 0 Å². The molecule has 1 aromatic carbocycles. The van der Waals surface area contributed by atoms with E-state index in [-0.39, 0.29) is 36.3 Å². The summed E-state index contributed by atoms with van der Waals surface area (Å²) in [6, 6.07) is 10.1. The summed E-state index contributed by atoms with van der Waals surface area (Å²) in [6.45, 7) is 2.68. The molecule has 2 aliphatic rings. The summed E-state index contributed by atoms with van der Waals surface area (Å²) in [4.78, 5) is 40.3. The van der Waals surface area contributed by atoms with E-state index in [0.29, 0.717) is 19.5 Å². The number of carbonyl (C=O) groups excluding carboxylic acids is 3. The first-order valence-electron chi connectivity index (χ1n) is 9.43. The largest absolute Gasteiger partial charge is 0.347 e. The fourth-order valence-electron chi connectivity index (χ4n) is 4.10. The lowest BCUT2D eigenvalue weighted by Gasteiger charge is -2.37. The molecule has 2 saturated heterocycles. The second-order valence-corrected chi connectivity index (χ2v) is 7.17. The highest BCUT2D eigenvalue weighted by Gasteiger charge is 2.41. The van der Waals surface area contributed by atoms with Crippen molar-refractivity contribution in [3.05, 3.63) is 35.9 Å². The molecule has 0 saturated carbocycles. The van der Waals surface area contributed by atoms with E-state index in [2.05, 4.69) is 5.32 Å². The SMILES string of the molecule is CC(=O)NCC(=O)N1CC[C@H]2[C@H]1CCCCC(=O)N2Cc1ccccc1. The topological polar surface area (TPSA) is 69.7 Å². The molecule has 2 heterocycles. The van der Waals surface area contributed by atoms with Gasteiger partial charge in [-0.15, -0.1) is 0 Å². The standard InChI is InChI=1S/C20H27N3O3/c1-15(24)21-13-20(26)22-12-11-18-17(22)9-5-6-10-19(25)23(18)14-16-7-3-2-4-8-16/h2-4,7-8,17-18H,5-6,9-14H2,1H3,(H,21,24)/t17-,18+/m1/s1. The maximum absolute atomic E-state index is 12.8. The number of likely N-dealkylation sites (tertiary alicyclic amines) is 2. The van der Waals surface area contributed by atoms with E-state index in [1.54, 1.807) is 0 Å². The summed E-state index contributed by atoms with van der Waals surface area (Å²) >= 11 is 0. The third kappa shape index (κ3) is 4.23. The number of benzene rings is 1. The van der Waals surface area contributed by atoms with Gasteiger partial charge < -0.3 is 15.1 Å². The predicted octanol–water partition coefficient (Wildman–Crippen LogP) is 1.69. The first-order valence-corrected chi connectivity index (χ1v) is 9.43. The van der Waals surface area contributed by atoms with Gasteiger partial charge in [-0.05, 0) is 24.8 Å². The number of fused-ring (bicyclic) bond motifs is 1. The molecule has 3 rings (SSSR count). The molecule has 6 nitrogen and oxygen atoms in total. The van der Waals surface area contributed by atoms with Crippen molar-refractivity contribution < 1.29 is 14.4 Å². The molecule has 0 unspecified atom stereocenters. The Kier molecular flexibility index (Phi) is 5.91. The monoisotopic (exact) mass is 357 g/mol. The van der Waals surface area contributed by atoms with Crippen molar-refractivity contribution in [2.75, 3.05) is 13.1 Å². The van der Waals surface area contributed by atoms with Gasteiger partial charge in [0.2, 0.25) is 17.7 Å². The summed E-state index contributed by atoms with van der Waals surface area (Å²) in [5.74, 6) is -0.0762. The van der Waals surface area contributed by atoms with Gasteiger partial charge in [-0.25, -0.2) is 0 Å². The van der Waals surface area contributed by atoms with E-state index in [9.17, 15) is 14.4 Å². The molecule has 26 heavy (non-hydrogen) atoms. The Morgan fingerprint density at radius 3 is 2.62 bits per heavy atom. The highest BCUT2D eigenvalue weighted by atomic mass is 16.2. The average molecular weight is 357 g/mol. The first kappa shape index (κ1) is 18.4. The van der Waals surface area contributed by atoms with Crippen molar-refractivity contribution in [2.45, 2.75) is 57.7 Å². The van der Waals surface area contributed by atoms with Crippen LogP contribution in [0.25, 0.3) is 0 Å². The minimum Gasteiger partial charge on any atom is -0.347 e. The van der Waals surface area contributed by atoms with Crippen LogP contribution in [-0.4, -0.2) is 52.7 Å². The minimum absolute atomic E-state index is 0.0329. The highest BCUT2D eigenvalue weighted by Crippen LogP contribution is 2.31. The lowest BCUT2D eigenvalue weighted by Crippen LogP contribution is -2.51. The quantitative estimate of drug-likeness (QED) is 0.892. The number of rotatable bonds is 4. The zero-order valence-electron chi connectivity index (χ0n) is 15.3. The summed E-state index contributed by atoms with van der Waals surface area (Å²) in [5, 5.41) is 2.59. The van der Waals surface area contributed by atoms with Crippen LogP contribution in [0, 0.1) is 0 Å². The molecule has 0 radical (unpaired) electrons. The zero-order chi connectivity index (χ0) is 18.5. The van der Waals surface area contributed by atoms with Crippen LogP contribution >= 0.6 is 0 Å². The molecule has 2 aliphatic heterocycles. The maximum Gasteiger partial charge on any atom is 0.242 e. The lowest BCUT2D eigenvalue weighted by molar-refractivity contribution is -0.139. The van der Waals surface area contributed by atoms with Crippen LogP contribution in [0.5, 0.6) is 0 Å². The third-order valence-electron chi connectivity index (χ3n) is 5.38. The number of amides is 3. The minimum atomic E-state index is -0.201. The second kappa shape index (κ2) is 8.34. The van der Waals surface area contributed by atoms with Crippen molar-refractivity contribution in [1.29, 1.82) is 0 Å². The lowest BCUT2D eigenvalue weighted by atomic mass is 9.96. The molecular weight excluding hydrogens is 330 g/mol. The Morgan fingerprint density at radius 1 is 1.12 bits per heavy atom. The van der Waals surface area contributed by atoms with Gasteiger partial charge in [-0.2, -0.15) is 0 Å². The Hall–Kier alpha value is -2.37. The van der Waals surface area contributed by atoms with Crippen LogP contribution in [-0.2, 0) is 20.9 Å². The predicted molar refractivity (Wildman–Crippen MR) is 98.0 cm³/mol. The summed E-state index contributed by atoms with van der Waals surface area (Å²) < 4.78 is 0. The molecule has 2 atom stereocenters. The summed E-state index contributed by atoms with van der Waals surface area (Å²) in [6.07, 6.45) is 4.11. The normalized spacial score (nSPS) is 23.2. The van der Waals surface area contributed by atoms with Gasteiger partial charge in [0.1, 0.15) is 0 Å². The number of hydrogen-bond acceptors (Lipinski definition) is 3. The van der Waals surface area contributed by atoms with E-state index in [1.165, 1.54) is 6.92 Å². The molecule has 0 spiro atoms. The second-order valence-electron chi connectivity index (χ2n) is 7.17. The Labute approximate surface area is 154 Å². The average Bonchev–Trinajstić information content (AvgIpc) is 3.03. The molecule has 0 bridgehead atoms. The van der Waals surface area contributed by atoms with Gasteiger partial charge in [0.25, 0.3) is 0 Å². The van der Waals surface area contributed by atoms with Crippen LogP contribution in [0.1, 0.15) is 44.6 Å². The fourth-order valence-corrected chi connectivity index (χ4v) is 4.10. The molecule has 3 amide bonds. The van der Waals surface area contributed by atoms with E-state index >= 15 is 0 Å². The molecule has 1 N–H and O–H groups in total. The van der Waals surface area contributed by atoms with Crippen LogP contribution in [0.3, 0.4) is 0 Å². The Balaban J connectivity index is 1.76. The fraction of sp³-hybridized carbons (Fsp3) is 0.550. The highest BCUT2D eigenvalue weighted by molar-refractivity contribution is 5.84. The number of hydrogen-bond donors (Lipinski definition) is 1. The molecule has 0 aliphatic carbocycles. The van der Waals surface area contributed by atoms with Gasteiger partial charge in [-0.1, -0.05) is 36.8 Å². The Morgan fingerprint density at radius 2 is 1.88 bits per heavy atom. The summed E-state index contributed by atoms with van der Waals surface area (Å²) in [5.41, 5.74) is 1.11. The summed E-state index contributed by atoms with van der Waals surface area (Å²) in [7, 11) is 0. The van der Waals surface area contributed by atoms with E-state index < -0.39 is 0 Å². The number of nitrogens with one attached hydrogen (secondary N) is 1. The van der Waals surface area contributed by atoms with Crippen molar-refractivity contribution in [3.63, 3.8) is 0 Å². The number of carbonyl (C=O) groups is 3. The van der Waals surface area contributed by atoms with Crippen LogP contribution in [0.4, 0.5) is 0 Å². The van der Waals surface area contributed by atoms with Gasteiger partial charge in [0, 0.05) is 26.4 Å². The molecule has 0 aromatic heterocycles. The van der Waals surface area contributed by atoms with Crippen LogP contribution in [0.2, 0.25) is 0 Å².